The minimum absolute atomic E-state index is 0.0849. The first kappa shape index (κ1) is 22.8. The van der Waals surface area contributed by atoms with Gasteiger partial charge in [0.1, 0.15) is 0 Å². The van der Waals surface area contributed by atoms with Crippen molar-refractivity contribution in [1.29, 1.82) is 0 Å². The van der Waals surface area contributed by atoms with Gasteiger partial charge in [-0.05, 0) is 56.2 Å². The maximum Gasteiger partial charge on any atom is 0.243 e. The van der Waals surface area contributed by atoms with Crippen molar-refractivity contribution in [1.82, 2.24) is 19.1 Å². The molecule has 0 saturated carbocycles. The molecular weight excluding hydrogens is 426 g/mol. The van der Waals surface area contributed by atoms with E-state index in [4.69, 9.17) is 0 Å². The second-order valence-electron chi connectivity index (χ2n) is 8.43. The van der Waals surface area contributed by atoms with Crippen LogP contribution in [0.5, 0.6) is 0 Å². The second-order valence-corrected chi connectivity index (χ2v) is 10.4. The zero-order valence-electron chi connectivity index (χ0n) is 18.5. The molecule has 8 nitrogen and oxygen atoms in total. The van der Waals surface area contributed by atoms with Crippen LogP contribution >= 0.6 is 0 Å². The van der Waals surface area contributed by atoms with E-state index in [1.165, 1.54) is 4.31 Å². The van der Waals surface area contributed by atoms with E-state index in [1.54, 1.807) is 24.3 Å². The molecule has 2 saturated heterocycles. The molecule has 0 bridgehead atoms. The molecule has 2 aliphatic rings. The fourth-order valence-electron chi connectivity index (χ4n) is 4.23. The summed E-state index contributed by atoms with van der Waals surface area (Å²) in [5.41, 5.74) is 1.66. The Hall–Kier alpha value is -2.33. The lowest BCUT2D eigenvalue weighted by Crippen LogP contribution is -2.52. The van der Waals surface area contributed by atoms with Gasteiger partial charge in [-0.2, -0.15) is 4.31 Å². The molecule has 0 unspecified atom stereocenters. The van der Waals surface area contributed by atoms with Crippen molar-refractivity contribution in [2.45, 2.75) is 37.2 Å². The second kappa shape index (κ2) is 10.1. The van der Waals surface area contributed by atoms with Gasteiger partial charge in [0.2, 0.25) is 15.9 Å². The van der Waals surface area contributed by atoms with Crippen LogP contribution in [-0.2, 0) is 21.4 Å². The van der Waals surface area contributed by atoms with Crippen molar-refractivity contribution in [2.24, 2.45) is 0 Å². The highest BCUT2D eigenvalue weighted by atomic mass is 32.2. The van der Waals surface area contributed by atoms with Gasteiger partial charge in [0.05, 0.1) is 16.6 Å². The number of nitrogens with one attached hydrogen (secondary N) is 1. The molecule has 172 valence electrons. The van der Waals surface area contributed by atoms with Gasteiger partial charge in [-0.1, -0.05) is 6.07 Å². The highest BCUT2D eigenvalue weighted by Crippen LogP contribution is 2.22. The van der Waals surface area contributed by atoms with E-state index in [1.807, 2.05) is 31.3 Å². The average molecular weight is 458 g/mol. The molecule has 2 fully saturated rings. The van der Waals surface area contributed by atoms with Gasteiger partial charge in [-0.15, -0.1) is 0 Å². The summed E-state index contributed by atoms with van der Waals surface area (Å²) in [4.78, 5) is 22.0. The van der Waals surface area contributed by atoms with Gasteiger partial charge in [-0.3, -0.25) is 19.6 Å². The van der Waals surface area contributed by atoms with Crippen molar-refractivity contribution >= 4 is 21.6 Å². The molecule has 2 aliphatic heterocycles. The lowest BCUT2D eigenvalue weighted by Gasteiger charge is -2.37. The number of nitrogens with zero attached hydrogens (tertiary/aromatic N) is 4. The lowest BCUT2D eigenvalue weighted by atomic mass is 10.2. The summed E-state index contributed by atoms with van der Waals surface area (Å²) in [6, 6.07) is 12.2. The van der Waals surface area contributed by atoms with Crippen LogP contribution in [0.25, 0.3) is 0 Å². The van der Waals surface area contributed by atoms with Gasteiger partial charge >= 0.3 is 0 Å². The predicted molar refractivity (Wildman–Crippen MR) is 124 cm³/mol. The van der Waals surface area contributed by atoms with Crippen LogP contribution in [0.15, 0.2) is 53.6 Å². The van der Waals surface area contributed by atoms with Gasteiger partial charge < -0.3 is 5.32 Å². The molecular formula is C23H31N5O3S. The molecule has 1 aromatic carbocycles. The van der Waals surface area contributed by atoms with E-state index >= 15 is 0 Å². The Kier molecular flexibility index (Phi) is 7.20. The highest BCUT2D eigenvalue weighted by molar-refractivity contribution is 7.89. The SMILES string of the molecule is C[C@H](C(=O)Nc1ccc(S(=O)(=O)N2CCCC2)cc1)N1CCN(Cc2ccccn2)CC1. The Morgan fingerprint density at radius 3 is 2.31 bits per heavy atom. The molecule has 1 N–H and O–H groups in total. The Labute approximate surface area is 190 Å². The fraction of sp³-hybridized carbons (Fsp3) is 0.478. The van der Waals surface area contributed by atoms with Crippen LogP contribution in [0, 0.1) is 0 Å². The molecule has 4 rings (SSSR count). The van der Waals surface area contributed by atoms with E-state index in [-0.39, 0.29) is 16.8 Å². The molecule has 0 radical (unpaired) electrons. The minimum Gasteiger partial charge on any atom is -0.325 e. The number of rotatable bonds is 7. The number of piperazine rings is 1. The van der Waals surface area contributed by atoms with Crippen molar-refractivity contribution in [2.75, 3.05) is 44.6 Å². The van der Waals surface area contributed by atoms with E-state index in [2.05, 4.69) is 20.1 Å². The number of carbonyl (C=O) groups excluding carboxylic acids is 1. The maximum atomic E-state index is 12.8. The van der Waals surface area contributed by atoms with E-state index in [9.17, 15) is 13.2 Å². The number of aromatic nitrogens is 1. The van der Waals surface area contributed by atoms with Crippen molar-refractivity contribution in [3.63, 3.8) is 0 Å². The summed E-state index contributed by atoms with van der Waals surface area (Å²) in [5, 5.41) is 2.93. The molecule has 9 heteroatoms. The number of carbonyl (C=O) groups is 1. The Bertz CT molecular complexity index is 1000. The number of hydrogen-bond acceptors (Lipinski definition) is 6. The minimum atomic E-state index is -3.44. The number of sulfonamides is 1. The Morgan fingerprint density at radius 2 is 1.69 bits per heavy atom. The summed E-state index contributed by atoms with van der Waals surface area (Å²) in [6.45, 7) is 7.29. The van der Waals surface area contributed by atoms with E-state index < -0.39 is 10.0 Å². The van der Waals surface area contributed by atoms with Gasteiger partial charge in [0.25, 0.3) is 0 Å². The summed E-state index contributed by atoms with van der Waals surface area (Å²) in [7, 11) is -3.44. The molecule has 1 amide bonds. The van der Waals surface area contributed by atoms with Gasteiger partial charge in [0.15, 0.2) is 0 Å². The molecule has 3 heterocycles. The molecule has 32 heavy (non-hydrogen) atoms. The summed E-state index contributed by atoms with van der Waals surface area (Å²) >= 11 is 0. The normalized spacial score (nSPS) is 19.7. The van der Waals surface area contributed by atoms with Crippen LogP contribution in [-0.4, -0.2) is 78.7 Å². The first-order valence-corrected chi connectivity index (χ1v) is 12.6. The summed E-state index contributed by atoms with van der Waals surface area (Å²) in [6.07, 6.45) is 3.62. The Morgan fingerprint density at radius 1 is 1.00 bits per heavy atom. The number of pyridine rings is 1. The molecule has 2 aromatic rings. The highest BCUT2D eigenvalue weighted by Gasteiger charge is 2.28. The average Bonchev–Trinajstić information content (AvgIpc) is 3.36. The number of benzene rings is 1. The number of hydrogen-bond donors (Lipinski definition) is 1. The van der Waals surface area contributed by atoms with Crippen LogP contribution in [0.1, 0.15) is 25.5 Å². The quantitative estimate of drug-likeness (QED) is 0.685. The topological polar surface area (TPSA) is 85.8 Å². The summed E-state index contributed by atoms with van der Waals surface area (Å²) in [5.74, 6) is -0.0849. The van der Waals surface area contributed by atoms with E-state index in [0.29, 0.717) is 18.8 Å². The van der Waals surface area contributed by atoms with Crippen molar-refractivity contribution in [3.8, 4) is 0 Å². The third-order valence-electron chi connectivity index (χ3n) is 6.27. The number of anilines is 1. The van der Waals surface area contributed by atoms with Crippen molar-refractivity contribution < 1.29 is 13.2 Å². The first-order chi connectivity index (χ1) is 15.4. The van der Waals surface area contributed by atoms with Crippen LogP contribution in [0.4, 0.5) is 5.69 Å². The molecule has 1 atom stereocenters. The zero-order chi connectivity index (χ0) is 22.6. The van der Waals surface area contributed by atoms with Crippen molar-refractivity contribution in [3.05, 3.63) is 54.4 Å². The zero-order valence-corrected chi connectivity index (χ0v) is 19.3. The fourth-order valence-corrected chi connectivity index (χ4v) is 5.75. The lowest BCUT2D eigenvalue weighted by molar-refractivity contribution is -0.121. The smallest absolute Gasteiger partial charge is 0.243 e. The standard InChI is InChI=1S/C23H31N5O3S/c1-19(27-16-14-26(15-17-27)18-21-6-2-3-11-24-21)23(29)25-20-7-9-22(10-8-20)32(30,31)28-12-4-5-13-28/h2-3,6-11,19H,4-5,12-18H2,1H3,(H,25,29)/t19-/m1/s1. The predicted octanol–water partition coefficient (Wildman–Crippen LogP) is 2.01. The first-order valence-electron chi connectivity index (χ1n) is 11.2. The third-order valence-corrected chi connectivity index (χ3v) is 8.18. The molecule has 0 aliphatic carbocycles. The molecule has 1 aromatic heterocycles. The van der Waals surface area contributed by atoms with E-state index in [0.717, 1.165) is 51.3 Å². The molecule has 0 spiro atoms. The maximum absolute atomic E-state index is 12.8. The van der Waals surface area contributed by atoms with Crippen LogP contribution in [0.3, 0.4) is 0 Å². The Balaban J connectivity index is 1.28. The van der Waals surface area contributed by atoms with Crippen LogP contribution < -0.4 is 5.32 Å². The number of amides is 1. The summed E-state index contributed by atoms with van der Waals surface area (Å²) < 4.78 is 26.8. The van der Waals surface area contributed by atoms with Crippen LogP contribution in [0.2, 0.25) is 0 Å². The largest absolute Gasteiger partial charge is 0.325 e. The monoisotopic (exact) mass is 457 g/mol. The third kappa shape index (κ3) is 5.35. The van der Waals surface area contributed by atoms with Gasteiger partial charge in [0, 0.05) is 57.7 Å². The van der Waals surface area contributed by atoms with Gasteiger partial charge in [-0.25, -0.2) is 8.42 Å².